The van der Waals surface area contributed by atoms with Crippen LogP contribution in [0, 0.1) is 0 Å². The van der Waals surface area contributed by atoms with Crippen LogP contribution in [0.1, 0.15) is 0 Å². The summed E-state index contributed by atoms with van der Waals surface area (Å²) in [5.41, 5.74) is 7.11. The fourth-order valence-corrected chi connectivity index (χ4v) is 2.88. The van der Waals surface area contributed by atoms with Gasteiger partial charge >= 0.3 is 0 Å². The van der Waals surface area contributed by atoms with Gasteiger partial charge in [0, 0.05) is 15.2 Å². The number of nitrogens with two attached hydrogens (primary N) is 1. The van der Waals surface area contributed by atoms with Gasteiger partial charge in [-0.05, 0) is 23.6 Å². The number of hydrogen-bond acceptors (Lipinski definition) is 2. The van der Waals surface area contributed by atoms with Crippen LogP contribution in [-0.2, 0) is 0 Å². The molecule has 0 aliphatic heterocycles. The van der Waals surface area contributed by atoms with Gasteiger partial charge in [-0.25, -0.2) is 0 Å². The second-order valence-corrected chi connectivity index (χ2v) is 5.23. The Morgan fingerprint density at radius 2 is 1.44 bits per heavy atom. The maximum Gasteiger partial charge on any atom is 0.0535 e. The van der Waals surface area contributed by atoms with Crippen LogP contribution in [0.3, 0.4) is 0 Å². The standard InChI is InChI=1S/C16H13NS/c17-16-14-9-5-4-6-12(14)10-11-15(16)18-13-7-2-1-3-8-13/h1-11H,17H2. The van der Waals surface area contributed by atoms with Crippen molar-refractivity contribution in [3.63, 3.8) is 0 Å². The van der Waals surface area contributed by atoms with E-state index in [0.717, 1.165) is 16.0 Å². The average Bonchev–Trinajstić information content (AvgIpc) is 2.43. The molecule has 0 aliphatic carbocycles. The van der Waals surface area contributed by atoms with E-state index in [4.69, 9.17) is 5.73 Å². The largest absolute Gasteiger partial charge is 0.397 e. The average molecular weight is 251 g/mol. The molecule has 0 aromatic heterocycles. The first-order valence-corrected chi connectivity index (χ1v) is 6.66. The molecule has 0 unspecified atom stereocenters. The Kier molecular flexibility index (Phi) is 2.95. The van der Waals surface area contributed by atoms with Crippen molar-refractivity contribution < 1.29 is 0 Å². The molecular weight excluding hydrogens is 238 g/mol. The van der Waals surface area contributed by atoms with Crippen LogP contribution in [-0.4, -0.2) is 0 Å². The number of nitrogen functional groups attached to an aromatic ring is 1. The molecule has 18 heavy (non-hydrogen) atoms. The van der Waals surface area contributed by atoms with Crippen molar-refractivity contribution in [3.05, 3.63) is 66.7 Å². The Balaban J connectivity index is 2.05. The van der Waals surface area contributed by atoms with Crippen molar-refractivity contribution in [3.8, 4) is 0 Å². The molecular formula is C16H13NS. The lowest BCUT2D eigenvalue weighted by atomic mass is 10.1. The third-order valence-corrected chi connectivity index (χ3v) is 3.99. The van der Waals surface area contributed by atoms with E-state index in [-0.39, 0.29) is 0 Å². The Labute approximate surface area is 111 Å². The zero-order valence-corrected chi connectivity index (χ0v) is 10.7. The predicted octanol–water partition coefficient (Wildman–Crippen LogP) is 4.57. The van der Waals surface area contributed by atoms with E-state index >= 15 is 0 Å². The van der Waals surface area contributed by atoms with Gasteiger partial charge in [0.15, 0.2) is 0 Å². The molecule has 3 rings (SSSR count). The quantitative estimate of drug-likeness (QED) is 0.675. The van der Waals surface area contributed by atoms with Gasteiger partial charge in [0.2, 0.25) is 0 Å². The van der Waals surface area contributed by atoms with E-state index in [1.165, 1.54) is 10.3 Å². The Morgan fingerprint density at radius 3 is 2.28 bits per heavy atom. The molecule has 88 valence electrons. The summed E-state index contributed by atoms with van der Waals surface area (Å²) in [4.78, 5) is 2.32. The lowest BCUT2D eigenvalue weighted by Crippen LogP contribution is -1.90. The van der Waals surface area contributed by atoms with Crippen LogP contribution >= 0.6 is 11.8 Å². The van der Waals surface area contributed by atoms with Crippen molar-refractivity contribution in [1.82, 2.24) is 0 Å². The lowest BCUT2D eigenvalue weighted by molar-refractivity contribution is 1.42. The predicted molar refractivity (Wildman–Crippen MR) is 78.9 cm³/mol. The van der Waals surface area contributed by atoms with Crippen molar-refractivity contribution in [1.29, 1.82) is 0 Å². The minimum atomic E-state index is 0.863. The Bertz CT molecular complexity index is 677. The highest BCUT2D eigenvalue weighted by molar-refractivity contribution is 7.99. The van der Waals surface area contributed by atoms with Crippen molar-refractivity contribution in [2.24, 2.45) is 0 Å². The maximum atomic E-state index is 6.25. The van der Waals surface area contributed by atoms with Crippen molar-refractivity contribution in [2.75, 3.05) is 5.73 Å². The zero-order valence-electron chi connectivity index (χ0n) is 9.84. The molecule has 0 spiro atoms. The summed E-state index contributed by atoms with van der Waals surface area (Å²) >= 11 is 1.70. The van der Waals surface area contributed by atoms with Crippen LogP contribution < -0.4 is 5.73 Å². The summed E-state index contributed by atoms with van der Waals surface area (Å²) in [6.07, 6.45) is 0. The molecule has 3 aromatic rings. The molecule has 3 aromatic carbocycles. The highest BCUT2D eigenvalue weighted by atomic mass is 32.2. The molecule has 0 saturated heterocycles. The molecule has 0 atom stereocenters. The first-order chi connectivity index (χ1) is 8.84. The van der Waals surface area contributed by atoms with Gasteiger partial charge in [-0.2, -0.15) is 0 Å². The van der Waals surface area contributed by atoms with Crippen LogP contribution in [0.5, 0.6) is 0 Å². The van der Waals surface area contributed by atoms with Crippen LogP contribution in [0.4, 0.5) is 5.69 Å². The SMILES string of the molecule is Nc1c(Sc2ccccc2)ccc2ccccc12. The molecule has 0 heterocycles. The third kappa shape index (κ3) is 2.07. The van der Waals surface area contributed by atoms with Gasteiger partial charge in [-0.3, -0.25) is 0 Å². The van der Waals surface area contributed by atoms with Gasteiger partial charge < -0.3 is 5.73 Å². The highest BCUT2D eigenvalue weighted by Gasteiger charge is 2.05. The molecule has 0 saturated carbocycles. The number of hydrogen-bond donors (Lipinski definition) is 1. The van der Waals surface area contributed by atoms with E-state index in [1.54, 1.807) is 11.8 Å². The number of fused-ring (bicyclic) bond motifs is 1. The first-order valence-electron chi connectivity index (χ1n) is 5.85. The summed E-state index contributed by atoms with van der Waals surface area (Å²) in [7, 11) is 0. The summed E-state index contributed by atoms with van der Waals surface area (Å²) in [5, 5.41) is 2.31. The fourth-order valence-electron chi connectivity index (χ4n) is 1.98. The molecule has 0 amide bonds. The van der Waals surface area contributed by atoms with Crippen molar-refractivity contribution in [2.45, 2.75) is 9.79 Å². The molecule has 0 bridgehead atoms. The normalized spacial score (nSPS) is 10.7. The second-order valence-electron chi connectivity index (χ2n) is 4.11. The Morgan fingerprint density at radius 1 is 0.722 bits per heavy atom. The third-order valence-electron chi connectivity index (χ3n) is 2.90. The van der Waals surface area contributed by atoms with E-state index in [1.807, 2.05) is 30.3 Å². The van der Waals surface area contributed by atoms with Gasteiger partial charge in [-0.1, -0.05) is 60.3 Å². The Hall–Kier alpha value is -1.93. The highest BCUT2D eigenvalue weighted by Crippen LogP contribution is 2.35. The number of anilines is 1. The molecule has 2 N–H and O–H groups in total. The van der Waals surface area contributed by atoms with Gasteiger partial charge in [0.1, 0.15) is 0 Å². The van der Waals surface area contributed by atoms with Crippen LogP contribution in [0.15, 0.2) is 76.5 Å². The molecule has 0 fully saturated rings. The topological polar surface area (TPSA) is 26.0 Å². The maximum absolute atomic E-state index is 6.25. The van der Waals surface area contributed by atoms with Crippen LogP contribution in [0.25, 0.3) is 10.8 Å². The van der Waals surface area contributed by atoms with Gasteiger partial charge in [0.25, 0.3) is 0 Å². The summed E-state index contributed by atoms with van der Waals surface area (Å²) < 4.78 is 0. The van der Waals surface area contributed by atoms with Gasteiger partial charge in [-0.15, -0.1) is 0 Å². The van der Waals surface area contributed by atoms with Crippen LogP contribution in [0.2, 0.25) is 0 Å². The summed E-state index contributed by atoms with van der Waals surface area (Å²) in [5.74, 6) is 0. The summed E-state index contributed by atoms with van der Waals surface area (Å²) in [6, 6.07) is 22.7. The number of rotatable bonds is 2. The zero-order chi connectivity index (χ0) is 12.4. The first kappa shape index (κ1) is 11.2. The molecule has 1 nitrogen and oxygen atoms in total. The lowest BCUT2D eigenvalue weighted by Gasteiger charge is -2.08. The van der Waals surface area contributed by atoms with E-state index in [0.29, 0.717) is 0 Å². The van der Waals surface area contributed by atoms with Gasteiger partial charge in [0.05, 0.1) is 5.69 Å². The van der Waals surface area contributed by atoms with E-state index < -0.39 is 0 Å². The molecule has 0 aliphatic rings. The smallest absolute Gasteiger partial charge is 0.0535 e. The van der Waals surface area contributed by atoms with E-state index in [9.17, 15) is 0 Å². The minimum Gasteiger partial charge on any atom is -0.397 e. The number of benzene rings is 3. The minimum absolute atomic E-state index is 0.863. The second kappa shape index (κ2) is 4.75. The monoisotopic (exact) mass is 251 g/mol. The molecule has 2 heteroatoms. The van der Waals surface area contributed by atoms with E-state index in [2.05, 4.69) is 36.4 Å². The fraction of sp³-hybridized carbons (Fsp3) is 0. The van der Waals surface area contributed by atoms with Crippen molar-refractivity contribution >= 4 is 28.2 Å². The summed E-state index contributed by atoms with van der Waals surface area (Å²) in [6.45, 7) is 0. The molecule has 0 radical (unpaired) electrons.